The van der Waals surface area contributed by atoms with E-state index in [4.69, 9.17) is 23.2 Å². The van der Waals surface area contributed by atoms with Crippen LogP contribution in [0.4, 0.5) is 0 Å². The van der Waals surface area contributed by atoms with Gasteiger partial charge >= 0.3 is 0 Å². The zero-order valence-electron chi connectivity index (χ0n) is 6.77. The summed E-state index contributed by atoms with van der Waals surface area (Å²) in [5, 5.41) is 0. The Labute approximate surface area is 82.5 Å². The molecule has 63 valence electrons. The molecule has 1 aliphatic carbocycles. The van der Waals surface area contributed by atoms with Gasteiger partial charge in [0.05, 0.1) is 0 Å². The predicted octanol–water partition coefficient (Wildman–Crippen LogP) is 3.46. The van der Waals surface area contributed by atoms with Crippen molar-refractivity contribution < 1.29 is 0 Å². The van der Waals surface area contributed by atoms with Crippen molar-refractivity contribution in [1.82, 2.24) is 0 Å². The number of halogens is 2. The summed E-state index contributed by atoms with van der Waals surface area (Å²) in [5.74, 6) is 0.317. The molecule has 2 heteroatoms. The minimum absolute atomic E-state index is 0.317. The van der Waals surface area contributed by atoms with E-state index in [1.165, 1.54) is 5.56 Å². The second-order valence-electron chi connectivity index (χ2n) is 3.32. The molecule has 0 N–H and O–H groups in total. The van der Waals surface area contributed by atoms with Crippen molar-refractivity contribution in [3.05, 3.63) is 35.4 Å². The van der Waals surface area contributed by atoms with E-state index in [0.717, 1.165) is 12.0 Å². The molecule has 1 saturated carbocycles. The Morgan fingerprint density at radius 1 is 1.50 bits per heavy atom. The smallest absolute Gasteiger partial charge is 0.101 e. The second-order valence-corrected chi connectivity index (χ2v) is 4.87. The summed E-state index contributed by atoms with van der Waals surface area (Å²) in [5.41, 5.74) is 2.35. The van der Waals surface area contributed by atoms with E-state index < -0.39 is 4.33 Å². The van der Waals surface area contributed by atoms with Crippen LogP contribution in [0, 0.1) is 13.0 Å². The van der Waals surface area contributed by atoms with E-state index in [-0.39, 0.29) is 0 Å². The number of benzene rings is 1. The molecule has 0 amide bonds. The Kier molecular flexibility index (Phi) is 1.85. The molecule has 0 nitrogen and oxygen atoms in total. The largest absolute Gasteiger partial charge is 0.125 e. The van der Waals surface area contributed by atoms with Gasteiger partial charge in [-0.1, -0.05) is 18.2 Å². The van der Waals surface area contributed by atoms with Crippen molar-refractivity contribution >= 4 is 23.2 Å². The fourth-order valence-electron chi connectivity index (χ4n) is 1.31. The molecule has 0 heterocycles. The van der Waals surface area contributed by atoms with Crippen molar-refractivity contribution in [2.45, 2.75) is 23.6 Å². The molecule has 0 aromatic heterocycles. The number of alkyl halides is 2. The molecule has 1 radical (unpaired) electrons. The van der Waals surface area contributed by atoms with Crippen molar-refractivity contribution in [3.63, 3.8) is 0 Å². The van der Waals surface area contributed by atoms with E-state index in [1.807, 2.05) is 19.1 Å². The molecule has 1 aromatic rings. The maximum absolute atomic E-state index is 5.93. The monoisotopic (exact) mass is 199 g/mol. The lowest BCUT2D eigenvalue weighted by Gasteiger charge is -2.00. The molecule has 0 saturated heterocycles. The summed E-state index contributed by atoms with van der Waals surface area (Å²) in [6, 6.07) is 9.23. The van der Waals surface area contributed by atoms with Crippen LogP contribution in [-0.2, 0) is 0 Å². The summed E-state index contributed by atoms with van der Waals surface area (Å²) in [6.07, 6.45) is 0.868. The summed E-state index contributed by atoms with van der Waals surface area (Å²) in [4.78, 5) is 0. The van der Waals surface area contributed by atoms with E-state index in [0.29, 0.717) is 5.92 Å². The van der Waals surface area contributed by atoms with Crippen LogP contribution >= 0.6 is 23.2 Å². The highest BCUT2D eigenvalue weighted by Crippen LogP contribution is 2.59. The van der Waals surface area contributed by atoms with Crippen LogP contribution in [0.3, 0.4) is 0 Å². The number of aryl methyl sites for hydroxylation is 1. The van der Waals surface area contributed by atoms with Gasteiger partial charge in [0, 0.05) is 5.92 Å². The van der Waals surface area contributed by atoms with E-state index in [1.54, 1.807) is 0 Å². The molecular weight excluding hydrogens is 191 g/mol. The Hall–Kier alpha value is -0.200. The summed E-state index contributed by atoms with van der Waals surface area (Å²) >= 11 is 11.9. The number of hydrogen-bond donors (Lipinski definition) is 0. The number of rotatable bonds is 1. The summed E-state index contributed by atoms with van der Waals surface area (Å²) in [6.45, 7) is 2.02. The third-order valence-corrected chi connectivity index (χ3v) is 3.06. The van der Waals surface area contributed by atoms with Crippen molar-refractivity contribution in [2.24, 2.45) is 0 Å². The Bertz CT molecular complexity index is 287. The predicted molar refractivity (Wildman–Crippen MR) is 51.8 cm³/mol. The van der Waals surface area contributed by atoms with Gasteiger partial charge in [-0.3, -0.25) is 0 Å². The van der Waals surface area contributed by atoms with Gasteiger partial charge in [-0.15, -0.1) is 23.2 Å². The Morgan fingerprint density at radius 3 is 2.58 bits per heavy atom. The fraction of sp³-hybridized carbons (Fsp3) is 0.400. The van der Waals surface area contributed by atoms with Gasteiger partial charge in [0.25, 0.3) is 0 Å². The molecule has 1 fully saturated rings. The third kappa shape index (κ3) is 1.46. The van der Waals surface area contributed by atoms with Gasteiger partial charge in [-0.25, -0.2) is 0 Å². The topological polar surface area (TPSA) is 0 Å². The van der Waals surface area contributed by atoms with Crippen molar-refractivity contribution in [1.29, 1.82) is 0 Å². The average Bonchev–Trinajstić information content (AvgIpc) is 2.61. The first-order valence-electron chi connectivity index (χ1n) is 3.96. The van der Waals surface area contributed by atoms with Gasteiger partial charge in [-0.2, -0.15) is 0 Å². The summed E-state index contributed by atoms with van der Waals surface area (Å²) in [7, 11) is 0. The second kappa shape index (κ2) is 2.65. The maximum atomic E-state index is 5.93. The minimum atomic E-state index is -0.511. The molecule has 2 rings (SSSR count). The first-order valence-corrected chi connectivity index (χ1v) is 4.71. The Morgan fingerprint density at radius 2 is 2.17 bits per heavy atom. The molecule has 0 aliphatic heterocycles. The van der Waals surface area contributed by atoms with E-state index in [2.05, 4.69) is 12.1 Å². The minimum Gasteiger partial charge on any atom is -0.101 e. The maximum Gasteiger partial charge on any atom is 0.125 e. The lowest BCUT2D eigenvalue weighted by molar-refractivity contribution is 1.10. The highest BCUT2D eigenvalue weighted by Gasteiger charge is 2.52. The van der Waals surface area contributed by atoms with E-state index >= 15 is 0 Å². The molecule has 0 spiro atoms. The van der Waals surface area contributed by atoms with Gasteiger partial charge in [0.15, 0.2) is 0 Å². The zero-order chi connectivity index (χ0) is 8.77. The normalized spacial score (nSPS) is 25.4. The first kappa shape index (κ1) is 8.40. The quantitative estimate of drug-likeness (QED) is 0.609. The first-order chi connectivity index (χ1) is 5.59. The van der Waals surface area contributed by atoms with Gasteiger partial charge in [0.1, 0.15) is 4.33 Å². The van der Waals surface area contributed by atoms with Crippen LogP contribution in [0.1, 0.15) is 23.5 Å². The molecular formula is C10H9Cl2. The number of hydrogen-bond acceptors (Lipinski definition) is 0. The highest BCUT2D eigenvalue weighted by molar-refractivity contribution is 6.51. The molecule has 1 aromatic carbocycles. The van der Waals surface area contributed by atoms with Crippen LogP contribution in [0.2, 0.25) is 0 Å². The highest BCUT2D eigenvalue weighted by atomic mass is 35.5. The van der Waals surface area contributed by atoms with Crippen LogP contribution in [0.15, 0.2) is 18.2 Å². The standard InChI is InChI=1S/C10H9Cl2/c1-7-2-4-8(5-3-7)9-6-10(9,11)12/h2,4-5,9H,6H2,1H3. The average molecular weight is 200 g/mol. The van der Waals surface area contributed by atoms with Crippen LogP contribution in [0.25, 0.3) is 0 Å². The Balaban J connectivity index is 2.21. The zero-order valence-corrected chi connectivity index (χ0v) is 8.28. The van der Waals surface area contributed by atoms with Crippen LogP contribution in [-0.4, -0.2) is 4.33 Å². The summed E-state index contributed by atoms with van der Waals surface area (Å²) < 4.78 is -0.511. The van der Waals surface area contributed by atoms with Gasteiger partial charge in [0.2, 0.25) is 0 Å². The van der Waals surface area contributed by atoms with Crippen LogP contribution in [0.5, 0.6) is 0 Å². The molecule has 0 bridgehead atoms. The molecule has 1 atom stereocenters. The van der Waals surface area contributed by atoms with Crippen LogP contribution < -0.4 is 0 Å². The molecule has 1 aliphatic rings. The lowest BCUT2D eigenvalue weighted by Crippen LogP contribution is -1.89. The SMILES string of the molecule is Cc1[c]cc(C2CC2(Cl)Cl)cc1. The molecule has 1 unspecified atom stereocenters. The van der Waals surface area contributed by atoms with Crippen molar-refractivity contribution in [2.75, 3.05) is 0 Å². The van der Waals surface area contributed by atoms with Gasteiger partial charge in [-0.05, 0) is 30.5 Å². The molecule has 12 heavy (non-hydrogen) atoms. The van der Waals surface area contributed by atoms with E-state index in [9.17, 15) is 0 Å². The van der Waals surface area contributed by atoms with Crippen molar-refractivity contribution in [3.8, 4) is 0 Å². The lowest BCUT2D eigenvalue weighted by atomic mass is 10.1. The third-order valence-electron chi connectivity index (χ3n) is 2.22. The fourth-order valence-corrected chi connectivity index (χ4v) is 1.87. The van der Waals surface area contributed by atoms with Gasteiger partial charge < -0.3 is 0 Å².